The van der Waals surface area contributed by atoms with Gasteiger partial charge < -0.3 is 4.57 Å². The third kappa shape index (κ3) is 2.16. The van der Waals surface area contributed by atoms with Gasteiger partial charge in [-0.25, -0.2) is 13.8 Å². The summed E-state index contributed by atoms with van der Waals surface area (Å²) in [6, 6.07) is 9.10. The SMILES string of the molecule is Cc1c(-c2nc3n(c2-c2ccc4c(c2)C=NC4)CCC3)ccc(F)c1F. The Kier molecular flexibility index (Phi) is 3.32. The number of hydrogen-bond acceptors (Lipinski definition) is 2. The van der Waals surface area contributed by atoms with Gasteiger partial charge >= 0.3 is 0 Å². The first-order chi connectivity index (χ1) is 12.6. The van der Waals surface area contributed by atoms with Gasteiger partial charge in [-0.3, -0.25) is 4.99 Å². The summed E-state index contributed by atoms with van der Waals surface area (Å²) in [6.07, 6.45) is 3.85. The predicted molar refractivity (Wildman–Crippen MR) is 97.4 cm³/mol. The van der Waals surface area contributed by atoms with Crippen LogP contribution in [0.1, 0.15) is 28.9 Å². The molecule has 0 fully saturated rings. The lowest BCUT2D eigenvalue weighted by Gasteiger charge is -2.12. The van der Waals surface area contributed by atoms with E-state index in [0.717, 1.165) is 54.3 Å². The van der Waals surface area contributed by atoms with Crippen LogP contribution in [-0.2, 0) is 19.5 Å². The Balaban J connectivity index is 1.76. The Morgan fingerprint density at radius 2 is 2.00 bits per heavy atom. The molecule has 130 valence electrons. The third-order valence-corrected chi connectivity index (χ3v) is 5.33. The molecule has 2 aromatic carbocycles. The Morgan fingerprint density at radius 1 is 1.12 bits per heavy atom. The third-order valence-electron chi connectivity index (χ3n) is 5.33. The van der Waals surface area contributed by atoms with Crippen molar-refractivity contribution in [3.05, 3.63) is 64.5 Å². The first-order valence-corrected chi connectivity index (χ1v) is 8.81. The highest BCUT2D eigenvalue weighted by atomic mass is 19.2. The molecule has 0 atom stereocenters. The van der Waals surface area contributed by atoms with Crippen LogP contribution in [0.5, 0.6) is 0 Å². The van der Waals surface area contributed by atoms with Crippen molar-refractivity contribution in [1.29, 1.82) is 0 Å². The van der Waals surface area contributed by atoms with Crippen LogP contribution in [0.2, 0.25) is 0 Å². The minimum absolute atomic E-state index is 0.297. The first-order valence-electron chi connectivity index (χ1n) is 8.81. The highest BCUT2D eigenvalue weighted by Crippen LogP contribution is 2.38. The molecular weight excluding hydrogens is 332 g/mol. The number of imidazole rings is 1. The summed E-state index contributed by atoms with van der Waals surface area (Å²) in [5.74, 6) is -0.621. The number of nitrogens with zero attached hydrogens (tertiary/aromatic N) is 3. The maximum absolute atomic E-state index is 14.2. The second-order valence-corrected chi connectivity index (χ2v) is 6.90. The second kappa shape index (κ2) is 5.59. The van der Waals surface area contributed by atoms with Crippen LogP contribution in [0.3, 0.4) is 0 Å². The minimum Gasteiger partial charge on any atom is -0.327 e. The van der Waals surface area contributed by atoms with E-state index in [-0.39, 0.29) is 0 Å². The van der Waals surface area contributed by atoms with Gasteiger partial charge in [0.25, 0.3) is 0 Å². The Hall–Kier alpha value is -2.82. The number of halogens is 2. The zero-order chi connectivity index (χ0) is 17.8. The van der Waals surface area contributed by atoms with Crippen molar-refractivity contribution < 1.29 is 8.78 Å². The lowest BCUT2D eigenvalue weighted by atomic mass is 9.98. The number of rotatable bonds is 2. The normalized spacial score (nSPS) is 14.7. The summed E-state index contributed by atoms with van der Waals surface area (Å²) in [6.45, 7) is 3.22. The zero-order valence-corrected chi connectivity index (χ0v) is 14.4. The molecule has 0 unspecified atom stereocenters. The van der Waals surface area contributed by atoms with Crippen molar-refractivity contribution in [3.63, 3.8) is 0 Å². The topological polar surface area (TPSA) is 30.2 Å². The number of benzene rings is 2. The van der Waals surface area contributed by atoms with E-state index in [1.54, 1.807) is 13.0 Å². The van der Waals surface area contributed by atoms with Gasteiger partial charge in [0, 0.05) is 30.3 Å². The van der Waals surface area contributed by atoms with Crippen LogP contribution >= 0.6 is 0 Å². The second-order valence-electron chi connectivity index (χ2n) is 6.90. The molecule has 5 heteroatoms. The van der Waals surface area contributed by atoms with E-state index in [1.165, 1.54) is 11.6 Å². The van der Waals surface area contributed by atoms with Crippen molar-refractivity contribution in [3.8, 4) is 22.5 Å². The number of hydrogen-bond donors (Lipinski definition) is 0. The lowest BCUT2D eigenvalue weighted by Crippen LogP contribution is -1.99. The number of fused-ring (bicyclic) bond motifs is 2. The predicted octanol–water partition coefficient (Wildman–Crippen LogP) is 4.68. The van der Waals surface area contributed by atoms with Gasteiger partial charge in [0.15, 0.2) is 11.6 Å². The molecule has 1 aromatic heterocycles. The lowest BCUT2D eigenvalue weighted by molar-refractivity contribution is 0.503. The molecule has 0 saturated heterocycles. The van der Waals surface area contributed by atoms with Gasteiger partial charge in [-0.2, -0.15) is 0 Å². The molecule has 5 rings (SSSR count). The maximum atomic E-state index is 14.2. The largest absolute Gasteiger partial charge is 0.327 e. The number of aryl methyl sites for hydroxylation is 1. The molecular formula is C21H17F2N3. The Labute approximate surface area is 150 Å². The van der Waals surface area contributed by atoms with Gasteiger partial charge in [-0.15, -0.1) is 0 Å². The maximum Gasteiger partial charge on any atom is 0.162 e. The van der Waals surface area contributed by atoms with Crippen molar-refractivity contribution in [2.75, 3.05) is 0 Å². The van der Waals surface area contributed by atoms with Crippen molar-refractivity contribution >= 4 is 6.21 Å². The molecule has 0 aliphatic carbocycles. The summed E-state index contributed by atoms with van der Waals surface area (Å²) in [5, 5.41) is 0. The molecule has 2 aliphatic rings. The van der Waals surface area contributed by atoms with Crippen molar-refractivity contribution in [2.45, 2.75) is 32.9 Å². The monoisotopic (exact) mass is 349 g/mol. The van der Waals surface area contributed by atoms with Gasteiger partial charge in [0.05, 0.1) is 17.9 Å². The zero-order valence-electron chi connectivity index (χ0n) is 14.4. The van der Waals surface area contributed by atoms with E-state index in [4.69, 9.17) is 4.98 Å². The van der Waals surface area contributed by atoms with E-state index < -0.39 is 11.6 Å². The fraction of sp³-hybridized carbons (Fsp3) is 0.238. The van der Waals surface area contributed by atoms with Gasteiger partial charge in [0.1, 0.15) is 5.82 Å². The van der Waals surface area contributed by atoms with E-state index in [9.17, 15) is 8.78 Å². The fourth-order valence-electron chi connectivity index (χ4n) is 3.96. The molecule has 3 aromatic rings. The van der Waals surface area contributed by atoms with Crippen LogP contribution in [0.15, 0.2) is 35.3 Å². The van der Waals surface area contributed by atoms with Crippen molar-refractivity contribution in [2.24, 2.45) is 4.99 Å². The van der Waals surface area contributed by atoms with Crippen LogP contribution in [0.4, 0.5) is 8.78 Å². The summed E-state index contributed by atoms with van der Waals surface area (Å²) >= 11 is 0. The number of aromatic nitrogens is 2. The van der Waals surface area contributed by atoms with E-state index in [2.05, 4.69) is 27.8 Å². The van der Waals surface area contributed by atoms with Gasteiger partial charge in [0.2, 0.25) is 0 Å². The van der Waals surface area contributed by atoms with Crippen molar-refractivity contribution in [1.82, 2.24) is 9.55 Å². The highest BCUT2D eigenvalue weighted by Gasteiger charge is 2.25. The average molecular weight is 349 g/mol. The molecule has 0 saturated carbocycles. The highest BCUT2D eigenvalue weighted by molar-refractivity contribution is 5.89. The minimum atomic E-state index is -0.826. The van der Waals surface area contributed by atoms with Gasteiger partial charge in [-0.1, -0.05) is 12.1 Å². The van der Waals surface area contributed by atoms with Crippen LogP contribution in [-0.4, -0.2) is 15.8 Å². The molecule has 0 spiro atoms. The molecule has 2 aliphatic heterocycles. The number of aliphatic imine (C=N–C) groups is 1. The molecule has 0 radical (unpaired) electrons. The summed E-state index contributed by atoms with van der Waals surface area (Å²) in [4.78, 5) is 9.13. The fourth-order valence-corrected chi connectivity index (χ4v) is 3.96. The Morgan fingerprint density at radius 3 is 2.88 bits per heavy atom. The first kappa shape index (κ1) is 15.4. The molecule has 3 heterocycles. The molecule has 0 amide bonds. The standard InChI is InChI=1S/C21H17F2N3/c1-12-16(6-7-17(22)19(12)23)20-21(26-8-2-3-18(26)25-20)13-4-5-14-10-24-11-15(14)9-13/h4-7,9,11H,2-3,8,10H2,1H3. The molecule has 0 bridgehead atoms. The van der Waals surface area contributed by atoms with Gasteiger partial charge in [-0.05, 0) is 48.2 Å². The van der Waals surface area contributed by atoms with Crippen LogP contribution in [0, 0.1) is 18.6 Å². The molecule has 26 heavy (non-hydrogen) atoms. The van der Waals surface area contributed by atoms with E-state index in [0.29, 0.717) is 11.1 Å². The van der Waals surface area contributed by atoms with Crippen LogP contribution < -0.4 is 0 Å². The molecule has 3 nitrogen and oxygen atoms in total. The van der Waals surface area contributed by atoms with E-state index >= 15 is 0 Å². The summed E-state index contributed by atoms with van der Waals surface area (Å²) in [7, 11) is 0. The summed E-state index contributed by atoms with van der Waals surface area (Å²) < 4.78 is 30.0. The van der Waals surface area contributed by atoms with E-state index in [1.807, 2.05) is 6.21 Å². The quantitative estimate of drug-likeness (QED) is 0.660. The average Bonchev–Trinajstić information content (AvgIpc) is 3.34. The molecule has 0 N–H and O–H groups in total. The smallest absolute Gasteiger partial charge is 0.162 e. The van der Waals surface area contributed by atoms with Crippen LogP contribution in [0.25, 0.3) is 22.5 Å². The summed E-state index contributed by atoms with van der Waals surface area (Å²) in [5.41, 5.74) is 6.02. The Bertz CT molecular complexity index is 1080.